The van der Waals surface area contributed by atoms with E-state index in [2.05, 4.69) is 17.1 Å². The SMILES string of the molecule is CC[NH2+][C@H]1CCN(c2c(F)cn3c(=O)c(C(=O)O)cc(C4CC4)c3c2C)C1.[Cl-]. The molecule has 0 bridgehead atoms. The van der Waals surface area contributed by atoms with Gasteiger partial charge in [0.25, 0.3) is 5.56 Å². The minimum Gasteiger partial charge on any atom is -1.00 e. The summed E-state index contributed by atoms with van der Waals surface area (Å²) in [5.41, 5.74) is 1.83. The zero-order valence-electron chi connectivity index (χ0n) is 16.0. The topological polar surface area (TPSA) is 78.6 Å². The first-order valence-corrected chi connectivity index (χ1v) is 9.62. The van der Waals surface area contributed by atoms with Crippen molar-refractivity contribution in [3.63, 3.8) is 0 Å². The van der Waals surface area contributed by atoms with Gasteiger partial charge >= 0.3 is 5.97 Å². The number of hydrogen-bond acceptors (Lipinski definition) is 3. The molecule has 2 fully saturated rings. The van der Waals surface area contributed by atoms with Gasteiger partial charge < -0.3 is 27.7 Å². The molecular weight excluding hydrogens is 385 g/mol. The number of quaternary nitrogens is 1. The molecule has 8 heteroatoms. The predicted octanol–water partition coefficient (Wildman–Crippen LogP) is -1.51. The van der Waals surface area contributed by atoms with Crippen LogP contribution in [0.5, 0.6) is 0 Å². The summed E-state index contributed by atoms with van der Waals surface area (Å²) in [6.07, 6.45) is 4.11. The van der Waals surface area contributed by atoms with E-state index in [0.717, 1.165) is 50.0 Å². The van der Waals surface area contributed by atoms with Gasteiger partial charge in [-0.05, 0) is 49.8 Å². The highest BCUT2D eigenvalue weighted by Gasteiger charge is 2.32. The van der Waals surface area contributed by atoms with Gasteiger partial charge in [0.1, 0.15) is 11.6 Å². The number of aromatic carboxylic acids is 1. The summed E-state index contributed by atoms with van der Waals surface area (Å²) in [5, 5.41) is 11.6. The molecule has 0 amide bonds. The van der Waals surface area contributed by atoms with Crippen LogP contribution in [0.1, 0.15) is 53.6 Å². The smallest absolute Gasteiger partial charge is 0.341 e. The van der Waals surface area contributed by atoms with Gasteiger partial charge in [-0.1, -0.05) is 0 Å². The first-order chi connectivity index (χ1) is 12.9. The number of pyridine rings is 2. The lowest BCUT2D eigenvalue weighted by Gasteiger charge is -2.23. The second-order valence-electron chi connectivity index (χ2n) is 7.71. The molecule has 3 N–H and O–H groups in total. The third kappa shape index (κ3) is 3.37. The number of rotatable bonds is 5. The first kappa shape index (κ1) is 20.6. The number of fused-ring (bicyclic) bond motifs is 1. The molecule has 152 valence electrons. The monoisotopic (exact) mass is 409 g/mol. The second-order valence-corrected chi connectivity index (χ2v) is 7.71. The van der Waals surface area contributed by atoms with Crippen molar-refractivity contribution in [2.45, 2.75) is 45.1 Å². The molecule has 28 heavy (non-hydrogen) atoms. The highest BCUT2D eigenvalue weighted by Crippen LogP contribution is 2.44. The molecule has 0 aromatic carbocycles. The molecule has 4 rings (SSSR count). The number of carboxylic acid groups (broad SMARTS) is 1. The van der Waals surface area contributed by atoms with E-state index in [9.17, 15) is 14.7 Å². The summed E-state index contributed by atoms with van der Waals surface area (Å²) in [5.74, 6) is -1.49. The summed E-state index contributed by atoms with van der Waals surface area (Å²) in [6, 6.07) is 1.95. The molecule has 1 saturated carbocycles. The Kier molecular flexibility index (Phi) is 5.68. The van der Waals surface area contributed by atoms with Crippen LogP contribution in [-0.4, -0.2) is 41.2 Å². The average Bonchev–Trinajstić information content (AvgIpc) is 3.36. The van der Waals surface area contributed by atoms with Crippen LogP contribution in [0.3, 0.4) is 0 Å². The number of nitrogens with two attached hydrogens (primary N) is 1. The predicted molar refractivity (Wildman–Crippen MR) is 100 cm³/mol. The van der Waals surface area contributed by atoms with Crippen molar-refractivity contribution in [1.82, 2.24) is 4.40 Å². The van der Waals surface area contributed by atoms with E-state index in [1.54, 1.807) is 0 Å². The van der Waals surface area contributed by atoms with Crippen molar-refractivity contribution >= 4 is 17.2 Å². The van der Waals surface area contributed by atoms with Crippen LogP contribution in [0.4, 0.5) is 10.1 Å². The van der Waals surface area contributed by atoms with E-state index < -0.39 is 17.3 Å². The Hall–Kier alpha value is -2.12. The molecule has 2 aromatic heterocycles. The third-order valence-corrected chi connectivity index (χ3v) is 5.80. The minimum atomic E-state index is -1.27. The fourth-order valence-electron chi connectivity index (χ4n) is 4.41. The molecule has 0 unspecified atom stereocenters. The van der Waals surface area contributed by atoms with Crippen LogP contribution in [0, 0.1) is 12.7 Å². The maximum atomic E-state index is 15.0. The minimum absolute atomic E-state index is 0. The van der Waals surface area contributed by atoms with E-state index in [4.69, 9.17) is 0 Å². The van der Waals surface area contributed by atoms with Crippen molar-refractivity contribution in [3.8, 4) is 0 Å². The lowest BCUT2D eigenvalue weighted by Crippen LogP contribution is -3.00. The number of likely N-dealkylation sites (N-methyl/N-ethyl adjacent to an activating group) is 1. The number of nitrogens with zero attached hydrogens (tertiary/aromatic N) is 2. The number of aryl methyl sites for hydroxylation is 1. The van der Waals surface area contributed by atoms with Crippen molar-refractivity contribution < 1.29 is 32.0 Å². The summed E-state index contributed by atoms with van der Waals surface area (Å²) in [6.45, 7) is 6.51. The van der Waals surface area contributed by atoms with Gasteiger partial charge in [0.2, 0.25) is 0 Å². The Morgan fingerprint density at radius 1 is 1.36 bits per heavy atom. The van der Waals surface area contributed by atoms with Crippen LogP contribution in [0.15, 0.2) is 17.1 Å². The van der Waals surface area contributed by atoms with Crippen LogP contribution in [-0.2, 0) is 0 Å². The molecule has 1 saturated heterocycles. The molecule has 1 aliphatic carbocycles. The number of carboxylic acids is 1. The van der Waals surface area contributed by atoms with Crippen LogP contribution < -0.4 is 28.2 Å². The van der Waals surface area contributed by atoms with Crippen LogP contribution >= 0.6 is 0 Å². The molecule has 2 aliphatic rings. The first-order valence-electron chi connectivity index (χ1n) is 9.62. The zero-order valence-corrected chi connectivity index (χ0v) is 16.8. The van der Waals surface area contributed by atoms with Gasteiger partial charge in [-0.3, -0.25) is 9.20 Å². The summed E-state index contributed by atoms with van der Waals surface area (Å²) in [7, 11) is 0. The highest BCUT2D eigenvalue weighted by molar-refractivity contribution is 5.89. The van der Waals surface area contributed by atoms with E-state index in [0.29, 0.717) is 17.2 Å². The van der Waals surface area contributed by atoms with Gasteiger partial charge in [-0.2, -0.15) is 0 Å². The Morgan fingerprint density at radius 3 is 2.68 bits per heavy atom. The largest absolute Gasteiger partial charge is 1.00 e. The number of carbonyl (C=O) groups is 1. The van der Waals surface area contributed by atoms with Crippen molar-refractivity contribution in [1.29, 1.82) is 0 Å². The summed E-state index contributed by atoms with van der Waals surface area (Å²) in [4.78, 5) is 26.2. The van der Waals surface area contributed by atoms with Gasteiger partial charge in [0.05, 0.1) is 30.5 Å². The molecule has 0 spiro atoms. The maximum Gasteiger partial charge on any atom is 0.341 e. The number of hydrogen-bond donors (Lipinski definition) is 2. The molecule has 1 aliphatic heterocycles. The van der Waals surface area contributed by atoms with E-state index >= 15 is 4.39 Å². The molecular formula is C20H25ClFN3O3. The molecule has 2 aromatic rings. The normalized spacial score (nSPS) is 19.1. The van der Waals surface area contributed by atoms with E-state index in [1.165, 1.54) is 16.7 Å². The Morgan fingerprint density at radius 2 is 2.07 bits per heavy atom. The number of halogens is 2. The Bertz CT molecular complexity index is 987. The molecule has 1 atom stereocenters. The van der Waals surface area contributed by atoms with Crippen LogP contribution in [0.2, 0.25) is 0 Å². The number of aromatic nitrogens is 1. The van der Waals surface area contributed by atoms with Crippen molar-refractivity contribution in [2.75, 3.05) is 24.5 Å². The Balaban J connectivity index is 0.00000225. The summed E-state index contributed by atoms with van der Waals surface area (Å²) >= 11 is 0. The third-order valence-electron chi connectivity index (χ3n) is 5.80. The van der Waals surface area contributed by atoms with E-state index in [1.807, 2.05) is 6.92 Å². The van der Waals surface area contributed by atoms with Gasteiger partial charge in [0.15, 0.2) is 5.82 Å². The highest BCUT2D eigenvalue weighted by atomic mass is 35.5. The maximum absolute atomic E-state index is 15.0. The van der Waals surface area contributed by atoms with Crippen molar-refractivity contribution in [2.24, 2.45) is 0 Å². The lowest BCUT2D eigenvalue weighted by atomic mass is 10.0. The van der Waals surface area contributed by atoms with Crippen LogP contribution in [0.25, 0.3) is 5.52 Å². The fraction of sp³-hybridized carbons (Fsp3) is 0.500. The second kappa shape index (κ2) is 7.72. The Labute approximate surface area is 168 Å². The fourth-order valence-corrected chi connectivity index (χ4v) is 4.41. The average molecular weight is 410 g/mol. The summed E-state index contributed by atoms with van der Waals surface area (Å²) < 4.78 is 16.3. The van der Waals surface area contributed by atoms with Crippen molar-refractivity contribution in [3.05, 3.63) is 45.1 Å². The lowest BCUT2D eigenvalue weighted by molar-refractivity contribution is -0.682. The quantitative estimate of drug-likeness (QED) is 0.629. The molecule has 3 heterocycles. The van der Waals surface area contributed by atoms with Gasteiger partial charge in [-0.15, -0.1) is 0 Å². The zero-order chi connectivity index (χ0) is 19.3. The number of anilines is 1. The standard InChI is InChI=1S/C20H24FN3O3.ClH/c1-3-22-13-6-7-23(9-13)18-11(2)17-14(12-4-5-12)8-15(20(26)27)19(25)24(17)10-16(18)21;/h8,10,12-13,22H,3-7,9H2,1-2H3,(H,26,27);1H/t13-;/m0./s1. The van der Waals surface area contributed by atoms with Gasteiger partial charge in [-0.25, -0.2) is 9.18 Å². The van der Waals surface area contributed by atoms with Gasteiger partial charge in [0, 0.05) is 13.0 Å². The van der Waals surface area contributed by atoms with E-state index in [-0.39, 0.29) is 23.9 Å². The molecule has 0 radical (unpaired) electrons. The molecule has 6 nitrogen and oxygen atoms in total.